The van der Waals surface area contributed by atoms with Crippen molar-refractivity contribution in [3.8, 4) is 0 Å². The van der Waals surface area contributed by atoms with Crippen molar-refractivity contribution in [3.63, 3.8) is 0 Å². The zero-order chi connectivity index (χ0) is 10.5. The average molecular weight is 244 g/mol. The minimum atomic E-state index is 0.929. The van der Waals surface area contributed by atoms with Crippen molar-refractivity contribution < 1.29 is 0 Å². The molecule has 0 fully saturated rings. The van der Waals surface area contributed by atoms with E-state index in [9.17, 15) is 0 Å². The minimum absolute atomic E-state index is 0.929. The molecule has 4 nitrogen and oxygen atoms in total. The Balaban J connectivity index is 2.33. The first-order chi connectivity index (χ1) is 7.92. The molecule has 0 aliphatic carbocycles. The third-order valence-electron chi connectivity index (χ3n) is 2.61. The molecule has 2 heterocycles. The Morgan fingerprint density at radius 3 is 2.44 bits per heavy atom. The zero-order valence-electron chi connectivity index (χ0n) is 7.91. The van der Waals surface area contributed by atoms with Crippen LogP contribution >= 0.6 is 23.5 Å². The van der Waals surface area contributed by atoms with Crippen LogP contribution in [0.3, 0.4) is 0 Å². The molecule has 4 aromatic rings. The van der Waals surface area contributed by atoms with Gasteiger partial charge in [0.05, 0.1) is 23.5 Å². The van der Waals surface area contributed by atoms with E-state index in [1.807, 2.05) is 18.2 Å². The molecule has 16 heavy (non-hydrogen) atoms. The highest BCUT2D eigenvalue weighted by molar-refractivity contribution is 7.00. The van der Waals surface area contributed by atoms with Gasteiger partial charge in [-0.2, -0.15) is 17.5 Å². The summed E-state index contributed by atoms with van der Waals surface area (Å²) in [5, 5.41) is 2.24. The van der Waals surface area contributed by atoms with Crippen molar-refractivity contribution >= 4 is 56.3 Å². The molecule has 2 aromatic carbocycles. The number of benzene rings is 2. The van der Waals surface area contributed by atoms with Crippen LogP contribution < -0.4 is 0 Å². The van der Waals surface area contributed by atoms with E-state index in [0.29, 0.717) is 0 Å². The van der Waals surface area contributed by atoms with Crippen LogP contribution in [0.4, 0.5) is 0 Å². The maximum atomic E-state index is 4.32. The van der Waals surface area contributed by atoms with E-state index in [-0.39, 0.29) is 0 Å². The first kappa shape index (κ1) is 8.49. The van der Waals surface area contributed by atoms with Gasteiger partial charge in [-0.15, -0.1) is 0 Å². The second kappa shape index (κ2) is 2.93. The minimum Gasteiger partial charge on any atom is -0.173 e. The smallest absolute Gasteiger partial charge is 0.112 e. The van der Waals surface area contributed by atoms with Gasteiger partial charge in [0.25, 0.3) is 0 Å². The molecule has 2 aromatic heterocycles. The Kier molecular flexibility index (Phi) is 1.55. The van der Waals surface area contributed by atoms with Gasteiger partial charge in [0, 0.05) is 5.39 Å². The van der Waals surface area contributed by atoms with Crippen LogP contribution in [0.1, 0.15) is 0 Å². The summed E-state index contributed by atoms with van der Waals surface area (Å²) in [5.74, 6) is 0. The molecule has 0 atom stereocenters. The average Bonchev–Trinajstić information content (AvgIpc) is 2.94. The summed E-state index contributed by atoms with van der Waals surface area (Å²) in [6.07, 6.45) is 0. The number of hydrogen-bond acceptors (Lipinski definition) is 6. The summed E-state index contributed by atoms with van der Waals surface area (Å²) >= 11 is 2.48. The predicted octanol–water partition coefficient (Wildman–Crippen LogP) is 2.85. The highest BCUT2D eigenvalue weighted by Crippen LogP contribution is 2.27. The molecule has 0 N–H and O–H groups in total. The number of rotatable bonds is 0. The lowest BCUT2D eigenvalue weighted by Gasteiger charge is -1.97. The third-order valence-corrected chi connectivity index (χ3v) is 3.71. The van der Waals surface area contributed by atoms with Crippen LogP contribution in [0.2, 0.25) is 0 Å². The Hall–Kier alpha value is -1.66. The van der Waals surface area contributed by atoms with Crippen molar-refractivity contribution in [2.24, 2.45) is 0 Å². The molecule has 0 aliphatic heterocycles. The van der Waals surface area contributed by atoms with E-state index >= 15 is 0 Å². The molecule has 0 unspecified atom stereocenters. The normalized spacial score (nSPS) is 11.8. The largest absolute Gasteiger partial charge is 0.173 e. The first-order valence-corrected chi connectivity index (χ1v) is 6.15. The molecule has 4 rings (SSSR count). The molecule has 0 aliphatic rings. The SMILES string of the molecule is c1cc2nsnc2c2cc3nsnc3cc12. The van der Waals surface area contributed by atoms with Gasteiger partial charge in [0.2, 0.25) is 0 Å². The molecule has 6 heteroatoms. The van der Waals surface area contributed by atoms with Gasteiger partial charge in [-0.05, 0) is 23.6 Å². The van der Waals surface area contributed by atoms with E-state index in [4.69, 9.17) is 0 Å². The fourth-order valence-corrected chi connectivity index (χ4v) is 2.91. The molecule has 0 spiro atoms. The Labute approximate surface area is 98.2 Å². The summed E-state index contributed by atoms with van der Waals surface area (Å²) < 4.78 is 17.0. The van der Waals surface area contributed by atoms with Gasteiger partial charge in [-0.1, -0.05) is 6.07 Å². The lowest BCUT2D eigenvalue weighted by atomic mass is 10.1. The van der Waals surface area contributed by atoms with E-state index in [1.54, 1.807) is 0 Å². The monoisotopic (exact) mass is 244 g/mol. The van der Waals surface area contributed by atoms with Crippen molar-refractivity contribution in [1.82, 2.24) is 17.5 Å². The van der Waals surface area contributed by atoms with Gasteiger partial charge >= 0.3 is 0 Å². The molecule has 0 saturated carbocycles. The highest BCUT2D eigenvalue weighted by atomic mass is 32.1. The molecule has 76 valence electrons. The van der Waals surface area contributed by atoms with E-state index in [1.165, 1.54) is 23.5 Å². The van der Waals surface area contributed by atoms with Crippen LogP contribution in [0, 0.1) is 0 Å². The van der Waals surface area contributed by atoms with Gasteiger partial charge in [0.1, 0.15) is 22.1 Å². The van der Waals surface area contributed by atoms with Crippen LogP contribution in [0.5, 0.6) is 0 Å². The predicted molar refractivity (Wildman–Crippen MR) is 65.9 cm³/mol. The first-order valence-electron chi connectivity index (χ1n) is 4.69. The van der Waals surface area contributed by atoms with Crippen molar-refractivity contribution in [3.05, 3.63) is 24.3 Å². The molecule has 0 radical (unpaired) electrons. The number of nitrogens with zero attached hydrogens (tertiary/aromatic N) is 4. The maximum Gasteiger partial charge on any atom is 0.112 e. The lowest BCUT2D eigenvalue weighted by Crippen LogP contribution is -1.77. The van der Waals surface area contributed by atoms with Gasteiger partial charge in [0.15, 0.2) is 0 Å². The number of hydrogen-bond donors (Lipinski definition) is 0. The second-order valence-electron chi connectivity index (χ2n) is 3.52. The van der Waals surface area contributed by atoms with E-state index < -0.39 is 0 Å². The molecule has 0 saturated heterocycles. The van der Waals surface area contributed by atoms with E-state index in [2.05, 4.69) is 23.6 Å². The molecule has 0 bridgehead atoms. The molecular weight excluding hydrogens is 240 g/mol. The quantitative estimate of drug-likeness (QED) is 0.477. The van der Waals surface area contributed by atoms with Crippen molar-refractivity contribution in [2.45, 2.75) is 0 Å². The fourth-order valence-electron chi connectivity index (χ4n) is 1.85. The fraction of sp³-hybridized carbons (Fsp3) is 0. The third kappa shape index (κ3) is 1.03. The summed E-state index contributed by atoms with van der Waals surface area (Å²) in [5.41, 5.74) is 3.77. The van der Waals surface area contributed by atoms with Crippen LogP contribution in [-0.2, 0) is 0 Å². The zero-order valence-corrected chi connectivity index (χ0v) is 9.55. The van der Waals surface area contributed by atoms with Crippen molar-refractivity contribution in [1.29, 1.82) is 0 Å². The Morgan fingerprint density at radius 1 is 0.750 bits per heavy atom. The highest BCUT2D eigenvalue weighted by Gasteiger charge is 2.07. The van der Waals surface area contributed by atoms with Gasteiger partial charge < -0.3 is 0 Å². The topological polar surface area (TPSA) is 51.6 Å². The summed E-state index contributed by atoms with van der Waals surface area (Å²) in [6.45, 7) is 0. The van der Waals surface area contributed by atoms with Crippen LogP contribution in [0.15, 0.2) is 24.3 Å². The van der Waals surface area contributed by atoms with Crippen molar-refractivity contribution in [2.75, 3.05) is 0 Å². The van der Waals surface area contributed by atoms with Gasteiger partial charge in [-0.25, -0.2) is 0 Å². The van der Waals surface area contributed by atoms with Crippen LogP contribution in [-0.4, -0.2) is 17.5 Å². The number of fused-ring (bicyclic) bond motifs is 4. The second-order valence-corrected chi connectivity index (χ2v) is 4.58. The summed E-state index contributed by atoms with van der Waals surface area (Å²) in [7, 11) is 0. The molecule has 0 amide bonds. The van der Waals surface area contributed by atoms with Gasteiger partial charge in [-0.3, -0.25) is 0 Å². The Bertz CT molecular complexity index is 816. The maximum absolute atomic E-state index is 4.32. The van der Waals surface area contributed by atoms with Crippen LogP contribution in [0.25, 0.3) is 32.8 Å². The van der Waals surface area contributed by atoms with E-state index in [0.717, 1.165) is 32.8 Å². The summed E-state index contributed by atoms with van der Waals surface area (Å²) in [6, 6.07) is 8.13. The standard InChI is InChI=1S/C10H4N4S2/c1-2-7-10(14-16-11-7)6-4-9-8(3-5(1)6)12-15-13-9/h1-4H. The molecular formula is C10H4N4S2. The number of aromatic nitrogens is 4. The lowest BCUT2D eigenvalue weighted by molar-refractivity contribution is 1.65. The Morgan fingerprint density at radius 2 is 1.50 bits per heavy atom. The summed E-state index contributed by atoms with van der Waals surface area (Å²) in [4.78, 5) is 0.